The zero-order valence-electron chi connectivity index (χ0n) is 16.9. The smallest absolute Gasteiger partial charge is 0.307 e. The fourth-order valence-corrected chi connectivity index (χ4v) is 7.22. The van der Waals surface area contributed by atoms with Crippen LogP contribution in [0.1, 0.15) is 30.4 Å². The molecule has 0 unspecified atom stereocenters. The van der Waals surface area contributed by atoms with Crippen molar-refractivity contribution < 1.29 is 23.1 Å². The molecule has 3 aliphatic rings. The summed E-state index contributed by atoms with van der Waals surface area (Å²) in [5, 5.41) is 9.62. The summed E-state index contributed by atoms with van der Waals surface area (Å²) in [6.45, 7) is 4.74. The van der Waals surface area contributed by atoms with Crippen molar-refractivity contribution in [1.29, 1.82) is 0 Å². The first kappa shape index (κ1) is 20.3. The Morgan fingerprint density at radius 2 is 1.62 bits per heavy atom. The summed E-state index contributed by atoms with van der Waals surface area (Å²) < 4.78 is 27.6. The SMILES string of the molecule is Cc1ccc(C)c(S(=O)(=O)N2CCN(C(=O)[C@H]3[C@H]4CC[C@@H](C4)[C@@H]3C(=O)O)CC2)c1. The number of sulfonamides is 1. The second kappa shape index (κ2) is 7.40. The molecule has 1 aliphatic heterocycles. The lowest BCUT2D eigenvalue weighted by Crippen LogP contribution is -2.53. The molecule has 2 saturated carbocycles. The summed E-state index contributed by atoms with van der Waals surface area (Å²) in [6, 6.07) is 5.39. The Bertz CT molecular complexity index is 936. The minimum absolute atomic E-state index is 0.103. The number of carboxylic acids is 1. The van der Waals surface area contributed by atoms with Crippen LogP contribution in [0.25, 0.3) is 0 Å². The highest BCUT2D eigenvalue weighted by Gasteiger charge is 2.55. The van der Waals surface area contributed by atoms with E-state index in [-0.39, 0.29) is 30.8 Å². The molecule has 8 heteroatoms. The Labute approximate surface area is 171 Å². The third-order valence-corrected chi connectivity index (χ3v) is 9.04. The average molecular weight is 421 g/mol. The maximum Gasteiger partial charge on any atom is 0.307 e. The first-order chi connectivity index (χ1) is 13.7. The lowest BCUT2D eigenvalue weighted by molar-refractivity contribution is -0.153. The Morgan fingerprint density at radius 1 is 1.00 bits per heavy atom. The highest BCUT2D eigenvalue weighted by molar-refractivity contribution is 7.89. The van der Waals surface area contributed by atoms with Crippen LogP contribution >= 0.6 is 0 Å². The van der Waals surface area contributed by atoms with E-state index < -0.39 is 27.8 Å². The zero-order chi connectivity index (χ0) is 20.9. The molecule has 158 valence electrons. The van der Waals surface area contributed by atoms with E-state index in [1.165, 1.54) is 4.31 Å². The second-order valence-corrected chi connectivity index (χ2v) is 10.6. The van der Waals surface area contributed by atoms with E-state index in [9.17, 15) is 23.1 Å². The van der Waals surface area contributed by atoms with Crippen molar-refractivity contribution in [2.45, 2.75) is 38.0 Å². The van der Waals surface area contributed by atoms with Gasteiger partial charge in [0.15, 0.2) is 0 Å². The molecular formula is C21H28N2O5S. The van der Waals surface area contributed by atoms with Crippen molar-refractivity contribution in [3.63, 3.8) is 0 Å². The van der Waals surface area contributed by atoms with Gasteiger partial charge in [0.1, 0.15) is 0 Å². The van der Waals surface area contributed by atoms with Crippen LogP contribution in [0.4, 0.5) is 0 Å². The summed E-state index contributed by atoms with van der Waals surface area (Å²) in [5.41, 5.74) is 1.60. The van der Waals surface area contributed by atoms with Crippen LogP contribution < -0.4 is 0 Å². The third kappa shape index (κ3) is 3.46. The van der Waals surface area contributed by atoms with Crippen molar-refractivity contribution in [1.82, 2.24) is 9.21 Å². The maximum atomic E-state index is 13.1. The number of benzene rings is 1. The van der Waals surface area contributed by atoms with Gasteiger partial charge in [-0.25, -0.2) is 8.42 Å². The number of hydrogen-bond acceptors (Lipinski definition) is 4. The van der Waals surface area contributed by atoms with Gasteiger partial charge in [0, 0.05) is 26.2 Å². The molecule has 0 aromatic heterocycles. The molecule has 4 atom stereocenters. The molecule has 4 rings (SSSR count). The number of amides is 1. The molecule has 2 bridgehead atoms. The first-order valence-electron chi connectivity index (χ1n) is 10.3. The predicted molar refractivity (Wildman–Crippen MR) is 107 cm³/mol. The molecule has 1 aromatic rings. The number of rotatable bonds is 4. The number of aryl methyl sites for hydroxylation is 2. The molecule has 1 saturated heterocycles. The summed E-state index contributed by atoms with van der Waals surface area (Å²) in [4.78, 5) is 26.8. The van der Waals surface area contributed by atoms with Gasteiger partial charge < -0.3 is 10.0 Å². The van der Waals surface area contributed by atoms with E-state index in [1.807, 2.05) is 19.1 Å². The number of piperazine rings is 1. The zero-order valence-corrected chi connectivity index (χ0v) is 17.7. The molecule has 2 aliphatic carbocycles. The van der Waals surface area contributed by atoms with E-state index in [2.05, 4.69) is 0 Å². The van der Waals surface area contributed by atoms with Crippen molar-refractivity contribution in [2.75, 3.05) is 26.2 Å². The quantitative estimate of drug-likeness (QED) is 0.803. The largest absolute Gasteiger partial charge is 0.481 e. The normalized spacial score (nSPS) is 29.9. The molecule has 1 amide bonds. The van der Waals surface area contributed by atoms with Gasteiger partial charge in [-0.2, -0.15) is 4.31 Å². The fourth-order valence-electron chi connectivity index (χ4n) is 5.49. The minimum atomic E-state index is -3.61. The Morgan fingerprint density at radius 3 is 2.24 bits per heavy atom. The van der Waals surface area contributed by atoms with Crippen LogP contribution in [-0.4, -0.2) is 60.8 Å². The molecule has 29 heavy (non-hydrogen) atoms. The molecule has 0 radical (unpaired) electrons. The molecule has 1 aromatic carbocycles. The van der Waals surface area contributed by atoms with Crippen molar-refractivity contribution in [2.24, 2.45) is 23.7 Å². The van der Waals surface area contributed by atoms with Crippen LogP contribution in [0.3, 0.4) is 0 Å². The molecular weight excluding hydrogens is 392 g/mol. The Hall–Kier alpha value is -1.93. The van der Waals surface area contributed by atoms with Gasteiger partial charge in [-0.3, -0.25) is 9.59 Å². The molecule has 3 fully saturated rings. The lowest BCUT2D eigenvalue weighted by atomic mass is 9.78. The average Bonchev–Trinajstić information content (AvgIpc) is 3.31. The minimum Gasteiger partial charge on any atom is -0.481 e. The standard InChI is InChI=1S/C21H28N2O5S/c1-13-3-4-14(2)17(11-13)29(27,28)23-9-7-22(8-10-23)20(24)18-15-5-6-16(12-15)19(18)21(25)26/h3-4,11,15-16,18-19H,5-10,12H2,1-2H3,(H,25,26)/t15-,16-,18-,19-/m0/s1. The number of hydrogen-bond donors (Lipinski definition) is 1. The van der Waals surface area contributed by atoms with Crippen LogP contribution in [-0.2, 0) is 19.6 Å². The maximum absolute atomic E-state index is 13.1. The number of aliphatic carboxylic acids is 1. The van der Waals surface area contributed by atoms with Crippen molar-refractivity contribution in [3.8, 4) is 0 Å². The summed E-state index contributed by atoms with van der Waals surface area (Å²) in [5.74, 6) is -1.74. The molecule has 7 nitrogen and oxygen atoms in total. The van der Waals surface area contributed by atoms with Gasteiger partial charge >= 0.3 is 5.97 Å². The molecule has 1 N–H and O–H groups in total. The van der Waals surface area contributed by atoms with E-state index in [0.717, 1.165) is 24.8 Å². The first-order valence-corrected chi connectivity index (χ1v) is 11.7. The second-order valence-electron chi connectivity index (χ2n) is 8.72. The van der Waals surface area contributed by atoms with Gasteiger partial charge in [-0.05, 0) is 62.1 Å². The number of carbonyl (C=O) groups excluding carboxylic acids is 1. The summed E-state index contributed by atoms with van der Waals surface area (Å²) in [6.07, 6.45) is 2.65. The van der Waals surface area contributed by atoms with E-state index in [4.69, 9.17) is 0 Å². The number of carbonyl (C=O) groups is 2. The molecule has 0 spiro atoms. The lowest BCUT2D eigenvalue weighted by Gasteiger charge is -2.38. The Kier molecular flexibility index (Phi) is 5.19. The van der Waals surface area contributed by atoms with Crippen LogP contribution in [0.15, 0.2) is 23.1 Å². The van der Waals surface area contributed by atoms with Gasteiger partial charge in [-0.1, -0.05) is 12.1 Å². The van der Waals surface area contributed by atoms with Gasteiger partial charge in [-0.15, -0.1) is 0 Å². The van der Waals surface area contributed by atoms with E-state index in [1.54, 1.807) is 17.9 Å². The number of fused-ring (bicyclic) bond motifs is 2. The van der Waals surface area contributed by atoms with E-state index >= 15 is 0 Å². The highest BCUT2D eigenvalue weighted by Crippen LogP contribution is 2.53. The van der Waals surface area contributed by atoms with Crippen molar-refractivity contribution in [3.05, 3.63) is 29.3 Å². The van der Waals surface area contributed by atoms with Gasteiger partial charge in [0.25, 0.3) is 0 Å². The summed E-state index contributed by atoms with van der Waals surface area (Å²) in [7, 11) is -3.61. The van der Waals surface area contributed by atoms with Gasteiger partial charge in [0.2, 0.25) is 15.9 Å². The summed E-state index contributed by atoms with van der Waals surface area (Å²) >= 11 is 0. The van der Waals surface area contributed by atoms with Gasteiger partial charge in [0.05, 0.1) is 16.7 Å². The number of carboxylic acid groups (broad SMARTS) is 1. The van der Waals surface area contributed by atoms with Crippen LogP contribution in [0, 0.1) is 37.5 Å². The van der Waals surface area contributed by atoms with Crippen LogP contribution in [0.5, 0.6) is 0 Å². The number of nitrogens with zero attached hydrogens (tertiary/aromatic N) is 2. The van der Waals surface area contributed by atoms with Crippen molar-refractivity contribution >= 4 is 21.9 Å². The highest BCUT2D eigenvalue weighted by atomic mass is 32.2. The topological polar surface area (TPSA) is 95.0 Å². The third-order valence-electron chi connectivity index (χ3n) is 7.00. The molecule has 1 heterocycles. The fraction of sp³-hybridized carbons (Fsp3) is 0.619. The van der Waals surface area contributed by atoms with Crippen LogP contribution in [0.2, 0.25) is 0 Å². The Balaban J connectivity index is 1.46. The predicted octanol–water partition coefficient (Wildman–Crippen LogP) is 1.88. The van der Waals surface area contributed by atoms with E-state index in [0.29, 0.717) is 23.5 Å². The monoisotopic (exact) mass is 420 g/mol.